The van der Waals surface area contributed by atoms with Crippen molar-refractivity contribution in [3.63, 3.8) is 0 Å². The summed E-state index contributed by atoms with van der Waals surface area (Å²) >= 11 is 0. The van der Waals surface area contributed by atoms with Gasteiger partial charge in [0.15, 0.2) is 0 Å². The summed E-state index contributed by atoms with van der Waals surface area (Å²) < 4.78 is 0. The Morgan fingerprint density at radius 2 is 1.48 bits per heavy atom. The number of nitrogens with one attached hydrogen (secondary N) is 1. The van der Waals surface area contributed by atoms with E-state index in [9.17, 15) is 0 Å². The molecule has 7 aromatic rings. The zero-order chi connectivity index (χ0) is 40.8. The second-order valence-corrected chi connectivity index (χ2v) is 15.0. The Hall–Kier alpha value is -6.16. The predicted octanol–water partition coefficient (Wildman–Crippen LogP) is 14.0. The summed E-state index contributed by atoms with van der Waals surface area (Å²) in [5.41, 5.74) is 16.0. The van der Waals surface area contributed by atoms with E-state index in [1.807, 2.05) is 13.8 Å². The number of rotatable bonds is 12. The monoisotopic (exact) mass is 759 g/mol. The molecule has 0 amide bonds. The van der Waals surface area contributed by atoms with Gasteiger partial charge in [-0.15, -0.1) is 0 Å². The van der Waals surface area contributed by atoms with Gasteiger partial charge in [-0.2, -0.15) is 0 Å². The molecule has 0 aromatic heterocycles. The van der Waals surface area contributed by atoms with Gasteiger partial charge in [0, 0.05) is 43.1 Å². The molecule has 0 aliphatic carbocycles. The fourth-order valence-corrected chi connectivity index (χ4v) is 8.61. The highest BCUT2D eigenvalue weighted by Gasteiger charge is 2.25. The van der Waals surface area contributed by atoms with E-state index in [0.717, 1.165) is 29.8 Å². The molecule has 3 nitrogen and oxygen atoms in total. The van der Waals surface area contributed by atoms with E-state index in [0.29, 0.717) is 6.67 Å². The average molecular weight is 760 g/mol. The molecule has 0 spiro atoms. The molecule has 7 aromatic carbocycles. The molecule has 0 bridgehead atoms. The SMILES string of the molecule is C=C(c1ccc(-c2cccc3ccc4c(c23)CN4C)c(N(C)CNC(c2ccccc2)c2cccc(C(/C=C\C)=C/C)c2)c1)c1c(CC)ccc2ccccc12.CC. The van der Waals surface area contributed by atoms with Gasteiger partial charge < -0.3 is 9.80 Å². The Labute approximate surface area is 346 Å². The van der Waals surface area contributed by atoms with E-state index in [2.05, 4.69) is 208 Å². The van der Waals surface area contributed by atoms with E-state index in [-0.39, 0.29) is 6.04 Å². The molecule has 8 rings (SSSR count). The number of benzene rings is 7. The lowest BCUT2D eigenvalue weighted by atomic mass is 9.86. The molecule has 0 radical (unpaired) electrons. The van der Waals surface area contributed by atoms with Crippen molar-refractivity contribution in [3.05, 3.63) is 203 Å². The third-order valence-corrected chi connectivity index (χ3v) is 11.6. The third-order valence-electron chi connectivity index (χ3n) is 11.6. The van der Waals surface area contributed by atoms with Crippen LogP contribution >= 0.6 is 0 Å². The fraction of sp³-hybridized carbons (Fsp3) is 0.200. The minimum Gasteiger partial charge on any atom is -0.370 e. The number of hydrogen-bond donors (Lipinski definition) is 1. The van der Waals surface area contributed by atoms with Gasteiger partial charge in [-0.05, 0) is 110 Å². The quantitative estimate of drug-likeness (QED) is 0.0989. The van der Waals surface area contributed by atoms with Crippen LogP contribution in [0.3, 0.4) is 0 Å². The summed E-state index contributed by atoms with van der Waals surface area (Å²) in [4.78, 5) is 4.72. The first-order valence-electron chi connectivity index (χ1n) is 20.9. The first-order chi connectivity index (χ1) is 28.4. The van der Waals surface area contributed by atoms with Gasteiger partial charge in [-0.3, -0.25) is 5.32 Å². The molecule has 1 heterocycles. The Balaban J connectivity index is 0.00000252. The van der Waals surface area contributed by atoms with E-state index >= 15 is 0 Å². The van der Waals surface area contributed by atoms with Crippen molar-refractivity contribution in [1.29, 1.82) is 0 Å². The summed E-state index contributed by atoms with van der Waals surface area (Å²) in [7, 11) is 4.39. The molecule has 58 heavy (non-hydrogen) atoms. The zero-order valence-electron chi connectivity index (χ0n) is 35.3. The van der Waals surface area contributed by atoms with Gasteiger partial charge in [-0.25, -0.2) is 0 Å². The van der Waals surface area contributed by atoms with Crippen molar-refractivity contribution in [3.8, 4) is 11.1 Å². The van der Waals surface area contributed by atoms with Crippen LogP contribution in [0.25, 0.3) is 43.8 Å². The lowest BCUT2D eigenvalue weighted by molar-refractivity contribution is 0.602. The second-order valence-electron chi connectivity index (χ2n) is 15.0. The molecule has 1 N–H and O–H groups in total. The van der Waals surface area contributed by atoms with E-state index in [1.165, 1.54) is 77.3 Å². The van der Waals surface area contributed by atoms with Crippen LogP contribution in [-0.4, -0.2) is 20.8 Å². The smallest absolute Gasteiger partial charge is 0.0686 e. The predicted molar refractivity (Wildman–Crippen MR) is 254 cm³/mol. The van der Waals surface area contributed by atoms with Crippen LogP contribution in [0.2, 0.25) is 0 Å². The summed E-state index contributed by atoms with van der Waals surface area (Å²) in [6, 6.07) is 51.2. The van der Waals surface area contributed by atoms with E-state index in [1.54, 1.807) is 0 Å². The van der Waals surface area contributed by atoms with Crippen LogP contribution in [-0.2, 0) is 13.0 Å². The van der Waals surface area contributed by atoms with Crippen LogP contribution in [0.1, 0.15) is 79.6 Å². The number of nitrogens with zero attached hydrogens (tertiary/aromatic N) is 2. The number of aryl methyl sites for hydroxylation is 1. The van der Waals surface area contributed by atoms with Crippen LogP contribution in [0, 0.1) is 0 Å². The highest BCUT2D eigenvalue weighted by Crippen LogP contribution is 2.45. The van der Waals surface area contributed by atoms with Crippen molar-refractivity contribution in [1.82, 2.24) is 5.32 Å². The molecule has 0 saturated heterocycles. The van der Waals surface area contributed by atoms with Crippen LogP contribution < -0.4 is 15.1 Å². The van der Waals surface area contributed by atoms with Crippen molar-refractivity contribution in [2.24, 2.45) is 0 Å². The van der Waals surface area contributed by atoms with Gasteiger partial charge in [0.25, 0.3) is 0 Å². The maximum Gasteiger partial charge on any atom is 0.0686 e. The van der Waals surface area contributed by atoms with Crippen molar-refractivity contribution >= 4 is 44.1 Å². The minimum atomic E-state index is -0.0143. The molecule has 1 unspecified atom stereocenters. The zero-order valence-corrected chi connectivity index (χ0v) is 35.3. The standard InChI is InChI=1S/C53H51N3.C2H6/c1-7-17-37(8-2)43-22-15-23-44(32-43)53(41-19-11-10-12-20-41)54-35-56(6)50-33-42(36(4)51-38(9-3)26-27-39-18-13-14-24-45(39)51)28-30-46(50)47-25-16-21-40-29-31-49-48(52(40)47)34-55(49)5;1-2/h7-8,10-33,53-54H,4,9,34-35H2,1-3,5-6H3;1-2H3/b17-7-,37-8+;. The first-order valence-corrected chi connectivity index (χ1v) is 20.9. The van der Waals surface area contributed by atoms with Crippen molar-refractivity contribution in [2.45, 2.75) is 53.6 Å². The van der Waals surface area contributed by atoms with Crippen LogP contribution in [0.5, 0.6) is 0 Å². The summed E-state index contributed by atoms with van der Waals surface area (Å²) in [5, 5.41) is 9.11. The van der Waals surface area contributed by atoms with Crippen LogP contribution in [0.15, 0.2) is 164 Å². The molecule has 0 fully saturated rings. The summed E-state index contributed by atoms with van der Waals surface area (Å²) in [5.74, 6) is 0. The molecule has 3 heteroatoms. The molecule has 0 saturated carbocycles. The Bertz CT molecular complexity index is 2630. The van der Waals surface area contributed by atoms with E-state index in [4.69, 9.17) is 6.58 Å². The summed E-state index contributed by atoms with van der Waals surface area (Å²) in [6.07, 6.45) is 7.41. The molecule has 1 atom stereocenters. The van der Waals surface area contributed by atoms with E-state index < -0.39 is 0 Å². The highest BCUT2D eigenvalue weighted by molar-refractivity contribution is 6.06. The number of hydrogen-bond acceptors (Lipinski definition) is 3. The van der Waals surface area contributed by atoms with Crippen molar-refractivity contribution in [2.75, 3.05) is 30.6 Å². The van der Waals surface area contributed by atoms with Gasteiger partial charge in [0.1, 0.15) is 0 Å². The molecular weight excluding hydrogens is 703 g/mol. The number of anilines is 2. The van der Waals surface area contributed by atoms with Gasteiger partial charge >= 0.3 is 0 Å². The maximum absolute atomic E-state index is 4.80. The normalized spacial score (nSPS) is 12.9. The average Bonchev–Trinajstić information content (AvgIpc) is 3.27. The number of allylic oxidation sites excluding steroid dienone is 4. The van der Waals surface area contributed by atoms with Crippen molar-refractivity contribution < 1.29 is 0 Å². The molecule has 1 aliphatic heterocycles. The highest BCUT2D eigenvalue weighted by atomic mass is 15.2. The largest absolute Gasteiger partial charge is 0.370 e. The van der Waals surface area contributed by atoms with Crippen LogP contribution in [0.4, 0.5) is 11.4 Å². The third kappa shape index (κ3) is 7.75. The number of fused-ring (bicyclic) bond motifs is 4. The molecule has 1 aliphatic rings. The lowest BCUT2D eigenvalue weighted by Gasteiger charge is -2.34. The summed E-state index contributed by atoms with van der Waals surface area (Å²) in [6.45, 7) is 16.8. The molecular formula is C55H57N3. The fourth-order valence-electron chi connectivity index (χ4n) is 8.61. The van der Waals surface area contributed by atoms with Gasteiger partial charge in [0.05, 0.1) is 12.7 Å². The Morgan fingerprint density at radius 3 is 2.24 bits per heavy atom. The van der Waals surface area contributed by atoms with Gasteiger partial charge in [0.2, 0.25) is 0 Å². The minimum absolute atomic E-state index is 0.0143. The first kappa shape index (κ1) is 40.1. The molecule has 292 valence electrons. The second kappa shape index (κ2) is 18.0. The lowest BCUT2D eigenvalue weighted by Crippen LogP contribution is -2.34. The maximum atomic E-state index is 4.80. The Morgan fingerprint density at radius 1 is 0.759 bits per heavy atom. The van der Waals surface area contributed by atoms with Gasteiger partial charge in [-0.1, -0.05) is 167 Å². The Kier molecular flexibility index (Phi) is 12.4. The topological polar surface area (TPSA) is 18.5 Å².